The third-order valence-electron chi connectivity index (χ3n) is 5.48. The van der Waals surface area contributed by atoms with E-state index in [2.05, 4.69) is 87.6 Å². The van der Waals surface area contributed by atoms with Gasteiger partial charge in [-0.05, 0) is 64.2 Å². The molecule has 0 spiro atoms. The van der Waals surface area contributed by atoms with Crippen molar-refractivity contribution < 1.29 is 33.3 Å². The van der Waals surface area contributed by atoms with Crippen LogP contribution in [0.15, 0.2) is 0 Å². The number of carbonyl (C=O) groups excluding carboxylic acids is 2. The Bertz CT molecular complexity index is 908. The number of methoxy groups -OCH3 is 2. The molecule has 1 saturated heterocycles. The number of rotatable bonds is 4. The maximum absolute atomic E-state index is 10.9. The topological polar surface area (TPSA) is 126 Å². The fourth-order valence-electron chi connectivity index (χ4n) is 3.58. The van der Waals surface area contributed by atoms with E-state index in [9.17, 15) is 9.59 Å². The molecular formula is C26H42BrI2N4O5S2V-. The van der Waals surface area contributed by atoms with E-state index in [0.717, 1.165) is 42.7 Å². The summed E-state index contributed by atoms with van der Waals surface area (Å²) in [4.78, 5) is 32.3. The molecule has 235 valence electrons. The van der Waals surface area contributed by atoms with E-state index >= 15 is 0 Å². The van der Waals surface area contributed by atoms with Gasteiger partial charge in [0.2, 0.25) is 0 Å². The Labute approximate surface area is 290 Å². The molecule has 0 aromatic carbocycles. The van der Waals surface area contributed by atoms with E-state index in [-0.39, 0.29) is 23.8 Å². The molecule has 0 unspecified atom stereocenters. The van der Waals surface area contributed by atoms with Gasteiger partial charge in [-0.1, -0.05) is 15.9 Å². The quantitative estimate of drug-likeness (QED) is 0.142. The van der Waals surface area contributed by atoms with E-state index in [1.165, 1.54) is 80.3 Å². The standard InChI is InChI=1S/C10H14N2O2S.C7H10N2S.C4H8O.C3H5BrO2.C2H5.2HI.V/c1-14-9(13)6-11-10-12-7-4-2-3-5-8(7)15-10;8-7-9-5-3-1-2-4-6(5)10-7;1-2-4-5-3-1;1-6-3(5)2-4;1-2;;;/h2-6H2,1H3,(H,11,12);1-4H2,(H2,8,9);1-4H2;2H2,1H3;1H2,2H3;2*1H;/q;;;;-1;;;+2/p-2. The average Bonchev–Trinajstić information content (AvgIpc) is 3.79. The molecular weight excluding hydrogens is 897 g/mol. The van der Waals surface area contributed by atoms with Crippen LogP contribution in [0.2, 0.25) is 0 Å². The number of fused-ring (bicyclic) bond motifs is 2. The van der Waals surface area contributed by atoms with Crippen LogP contribution in [0.5, 0.6) is 0 Å². The number of anilines is 2. The molecule has 9 nitrogen and oxygen atoms in total. The summed E-state index contributed by atoms with van der Waals surface area (Å²) in [5.41, 5.74) is 8.03. The van der Waals surface area contributed by atoms with Crippen LogP contribution < -0.4 is 11.1 Å². The second-order valence-corrected chi connectivity index (χ2v) is 22.8. The molecule has 1 fully saturated rings. The number of alkyl halides is 1. The minimum absolute atomic E-state index is 0.197. The summed E-state index contributed by atoms with van der Waals surface area (Å²) in [6, 6.07) is 0. The summed E-state index contributed by atoms with van der Waals surface area (Å²) in [6.07, 6.45) is 12.2. The van der Waals surface area contributed by atoms with Gasteiger partial charge in [-0.2, -0.15) is 6.92 Å². The van der Waals surface area contributed by atoms with Crippen LogP contribution >= 0.6 is 78.6 Å². The number of nitrogens with zero attached hydrogens (tertiary/aromatic N) is 2. The average molecular weight is 939 g/mol. The second kappa shape index (κ2) is 27.8. The van der Waals surface area contributed by atoms with Crippen molar-refractivity contribution >= 4 is 101 Å². The van der Waals surface area contributed by atoms with Crippen molar-refractivity contribution in [2.24, 2.45) is 0 Å². The van der Waals surface area contributed by atoms with E-state index in [4.69, 9.17) is 10.5 Å². The van der Waals surface area contributed by atoms with Gasteiger partial charge in [0.1, 0.15) is 11.9 Å². The number of carbonyl (C=O) groups is 2. The first-order valence-electron chi connectivity index (χ1n) is 13.2. The SMILES string of the molecule is C1CCOC1.COC(=O)CBr.COC(=O)CNc1nc2c(s1)CCCC2.Nc1nc2c(s1)CCCC2.[CH2-]C.[I][V][I]. The Morgan fingerprint density at radius 1 is 0.927 bits per heavy atom. The normalized spacial score (nSPS) is 13.9. The number of nitrogens with two attached hydrogens (primary N) is 1. The number of hydrogen-bond donors (Lipinski definition) is 2. The Morgan fingerprint density at radius 3 is 1.80 bits per heavy atom. The van der Waals surface area contributed by atoms with E-state index < -0.39 is 0 Å². The van der Waals surface area contributed by atoms with Gasteiger partial charge in [0.15, 0.2) is 10.3 Å². The molecule has 0 radical (unpaired) electrons. The molecule has 5 rings (SSSR count). The Balaban J connectivity index is 0.000000532. The van der Waals surface area contributed by atoms with Gasteiger partial charge in [-0.3, -0.25) is 9.59 Å². The number of hydrogen-bond acceptors (Lipinski definition) is 11. The van der Waals surface area contributed by atoms with Gasteiger partial charge in [0, 0.05) is 23.0 Å². The Kier molecular flexibility index (Phi) is 28.0. The molecule has 2 aliphatic carbocycles. The molecule has 0 amide bonds. The molecule has 15 heteroatoms. The molecule has 0 atom stereocenters. The van der Waals surface area contributed by atoms with E-state index in [0.29, 0.717) is 9.47 Å². The molecule has 2 aromatic rings. The Morgan fingerprint density at radius 2 is 1.41 bits per heavy atom. The molecule has 1 aliphatic heterocycles. The summed E-state index contributed by atoms with van der Waals surface area (Å²) in [5, 5.41) is 4.85. The van der Waals surface area contributed by atoms with Crippen LogP contribution in [-0.2, 0) is 58.9 Å². The van der Waals surface area contributed by atoms with Gasteiger partial charge in [-0.25, -0.2) is 9.97 Å². The van der Waals surface area contributed by atoms with E-state index in [1.54, 1.807) is 29.6 Å². The number of thiazole rings is 2. The number of nitrogen functional groups attached to an aromatic ring is 1. The summed E-state index contributed by atoms with van der Waals surface area (Å²) in [7, 11) is 3.36. The summed E-state index contributed by atoms with van der Waals surface area (Å²) < 4.78 is 13.7. The number of aryl methyl sites for hydroxylation is 4. The third kappa shape index (κ3) is 20.0. The van der Waals surface area contributed by atoms with Crippen molar-refractivity contribution in [2.75, 3.05) is 50.4 Å². The molecule has 41 heavy (non-hydrogen) atoms. The first-order chi connectivity index (χ1) is 19.9. The third-order valence-corrected chi connectivity index (χ3v) is 8.04. The van der Waals surface area contributed by atoms with Gasteiger partial charge in [0.25, 0.3) is 0 Å². The first-order valence-corrected chi connectivity index (χ1v) is 25.0. The Hall–Kier alpha value is 0.284. The summed E-state index contributed by atoms with van der Waals surface area (Å²) >= 11 is 11.0. The summed E-state index contributed by atoms with van der Waals surface area (Å²) in [6.45, 7) is 7.20. The van der Waals surface area contributed by atoms with E-state index in [1.807, 2.05) is 0 Å². The minimum atomic E-state index is -0.261. The molecule has 3 aliphatic rings. The first kappa shape index (κ1) is 41.3. The zero-order valence-corrected chi connectivity index (χ0v) is 32.9. The van der Waals surface area contributed by atoms with Gasteiger partial charge < -0.3 is 32.2 Å². The van der Waals surface area contributed by atoms with Gasteiger partial charge in [0.05, 0.1) is 25.6 Å². The molecule has 3 heterocycles. The summed E-state index contributed by atoms with van der Waals surface area (Å²) in [5.74, 6) is -0.502. The van der Waals surface area contributed by atoms with Gasteiger partial charge in [-0.15, -0.1) is 22.7 Å². The predicted molar refractivity (Wildman–Crippen MR) is 187 cm³/mol. The molecule has 3 N–H and O–H groups in total. The molecule has 0 saturated carbocycles. The van der Waals surface area contributed by atoms with Crippen molar-refractivity contribution in [1.82, 2.24) is 9.97 Å². The zero-order valence-electron chi connectivity index (χ0n) is 24.0. The number of ether oxygens (including phenoxy) is 3. The fraction of sp³-hybridized carbons (Fsp3) is 0.654. The molecule has 2 aromatic heterocycles. The van der Waals surface area contributed by atoms with Crippen molar-refractivity contribution in [3.63, 3.8) is 0 Å². The number of nitrogens with one attached hydrogen (secondary N) is 1. The number of halogens is 3. The van der Waals surface area contributed by atoms with Crippen molar-refractivity contribution in [2.45, 2.75) is 71.1 Å². The number of esters is 2. The number of aromatic nitrogens is 2. The van der Waals surface area contributed by atoms with Crippen LogP contribution in [0.4, 0.5) is 10.3 Å². The fourth-order valence-corrected chi connectivity index (χ4v) is 5.78. The van der Waals surface area contributed by atoms with Crippen LogP contribution in [0.3, 0.4) is 0 Å². The zero-order chi connectivity index (χ0) is 30.9. The van der Waals surface area contributed by atoms with Crippen LogP contribution in [-0.4, -0.2) is 61.2 Å². The van der Waals surface area contributed by atoms with Crippen molar-refractivity contribution in [3.8, 4) is 0 Å². The predicted octanol–water partition coefficient (Wildman–Crippen LogP) is 7.17. The van der Waals surface area contributed by atoms with Crippen molar-refractivity contribution in [3.05, 3.63) is 28.1 Å². The van der Waals surface area contributed by atoms with Crippen LogP contribution in [0, 0.1) is 6.92 Å². The maximum atomic E-state index is 10.9. The second-order valence-electron chi connectivity index (χ2n) is 8.25. The molecule has 0 bridgehead atoms. The van der Waals surface area contributed by atoms with Crippen molar-refractivity contribution in [1.29, 1.82) is 0 Å². The van der Waals surface area contributed by atoms with Gasteiger partial charge >= 0.3 is 61.4 Å². The van der Waals surface area contributed by atoms with Crippen LogP contribution in [0.1, 0.15) is 66.6 Å². The monoisotopic (exact) mass is 938 g/mol. The van der Waals surface area contributed by atoms with Crippen LogP contribution in [0.25, 0.3) is 0 Å².